The van der Waals surface area contributed by atoms with Gasteiger partial charge in [0.1, 0.15) is 5.41 Å². The van der Waals surface area contributed by atoms with Gasteiger partial charge in [-0.25, -0.2) is 0 Å². The van der Waals surface area contributed by atoms with Crippen LogP contribution < -0.4 is 0 Å². The zero-order valence-corrected chi connectivity index (χ0v) is 10.0. The van der Waals surface area contributed by atoms with Crippen LogP contribution in [0, 0.1) is 45.8 Å². The maximum Gasteiger partial charge on any atom is 0.157 e. The Labute approximate surface area is 96.3 Å². The molecule has 16 heavy (non-hydrogen) atoms. The molecule has 2 fully saturated rings. The smallest absolute Gasteiger partial charge is 0.157 e. The van der Waals surface area contributed by atoms with E-state index in [1.807, 2.05) is 20.8 Å². The van der Waals surface area contributed by atoms with Gasteiger partial charge in [-0.15, -0.1) is 0 Å². The van der Waals surface area contributed by atoms with Crippen LogP contribution in [-0.4, -0.2) is 5.78 Å². The van der Waals surface area contributed by atoms with Crippen molar-refractivity contribution in [1.82, 2.24) is 0 Å². The molecule has 3 rings (SSSR count). The lowest BCUT2D eigenvalue weighted by Crippen LogP contribution is -2.64. The number of allylic oxidation sites excluding steroid dienone is 2. The van der Waals surface area contributed by atoms with Crippen molar-refractivity contribution >= 4 is 5.78 Å². The van der Waals surface area contributed by atoms with Crippen molar-refractivity contribution in [3.63, 3.8) is 0 Å². The number of fused-ring (bicyclic) bond motifs is 5. The molecule has 0 aliphatic heterocycles. The third kappa shape index (κ3) is 0.796. The third-order valence-electron chi connectivity index (χ3n) is 5.01. The van der Waals surface area contributed by atoms with Gasteiger partial charge in [0, 0.05) is 11.8 Å². The van der Waals surface area contributed by atoms with Gasteiger partial charge in [0.15, 0.2) is 5.78 Å². The molecule has 0 heterocycles. The molecule has 0 radical (unpaired) electrons. The minimum Gasteiger partial charge on any atom is -0.298 e. The fourth-order valence-corrected chi connectivity index (χ4v) is 4.27. The SMILES string of the molecule is CC(C)(C)C1(C#N)C(=O)C2C3C=CC(C3)C21. The monoisotopic (exact) mass is 215 g/mol. The van der Waals surface area contributed by atoms with Crippen molar-refractivity contribution in [2.45, 2.75) is 27.2 Å². The number of ketones is 1. The average Bonchev–Trinajstić information content (AvgIpc) is 2.73. The molecule has 0 aromatic heterocycles. The van der Waals surface area contributed by atoms with Crippen LogP contribution >= 0.6 is 0 Å². The van der Waals surface area contributed by atoms with Gasteiger partial charge in [-0.1, -0.05) is 32.9 Å². The Morgan fingerprint density at radius 1 is 1.38 bits per heavy atom. The first-order valence-electron chi connectivity index (χ1n) is 6.07. The second-order valence-electron chi connectivity index (χ2n) is 6.53. The van der Waals surface area contributed by atoms with E-state index >= 15 is 0 Å². The van der Waals surface area contributed by atoms with E-state index in [9.17, 15) is 10.1 Å². The molecule has 5 atom stereocenters. The zero-order valence-electron chi connectivity index (χ0n) is 10.0. The van der Waals surface area contributed by atoms with Gasteiger partial charge >= 0.3 is 0 Å². The molecule has 2 nitrogen and oxygen atoms in total. The fraction of sp³-hybridized carbons (Fsp3) is 0.714. The molecule has 0 aromatic carbocycles. The molecule has 0 spiro atoms. The fourth-order valence-electron chi connectivity index (χ4n) is 4.27. The molecule has 0 N–H and O–H groups in total. The quantitative estimate of drug-likeness (QED) is 0.583. The summed E-state index contributed by atoms with van der Waals surface area (Å²) in [6, 6.07) is 2.38. The molecule has 2 saturated carbocycles. The largest absolute Gasteiger partial charge is 0.298 e. The zero-order chi connectivity index (χ0) is 11.7. The summed E-state index contributed by atoms with van der Waals surface area (Å²) in [4.78, 5) is 12.4. The normalized spacial score (nSPS) is 48.8. The van der Waals surface area contributed by atoms with E-state index in [0.717, 1.165) is 6.42 Å². The van der Waals surface area contributed by atoms with Crippen molar-refractivity contribution in [2.75, 3.05) is 0 Å². The Morgan fingerprint density at radius 3 is 2.56 bits per heavy atom. The number of carbonyl (C=O) groups excluding carboxylic acids is 1. The highest BCUT2D eigenvalue weighted by atomic mass is 16.1. The highest BCUT2D eigenvalue weighted by Gasteiger charge is 2.73. The molecule has 0 aromatic rings. The molecule has 3 aliphatic rings. The van der Waals surface area contributed by atoms with Crippen LogP contribution in [0.1, 0.15) is 27.2 Å². The average molecular weight is 215 g/mol. The summed E-state index contributed by atoms with van der Waals surface area (Å²) in [6.45, 7) is 6.08. The van der Waals surface area contributed by atoms with Crippen LogP contribution in [0.4, 0.5) is 0 Å². The van der Waals surface area contributed by atoms with Crippen LogP contribution in [0.5, 0.6) is 0 Å². The molecule has 2 heteroatoms. The van der Waals surface area contributed by atoms with Gasteiger partial charge in [-0.2, -0.15) is 5.26 Å². The number of nitrogens with zero attached hydrogens (tertiary/aromatic N) is 1. The maximum absolute atomic E-state index is 12.4. The first-order valence-corrected chi connectivity index (χ1v) is 6.07. The number of rotatable bonds is 0. The Balaban J connectivity index is 2.09. The topological polar surface area (TPSA) is 40.9 Å². The van der Waals surface area contributed by atoms with Crippen molar-refractivity contribution in [2.24, 2.45) is 34.5 Å². The highest BCUT2D eigenvalue weighted by Crippen LogP contribution is 2.69. The van der Waals surface area contributed by atoms with Gasteiger partial charge in [0.25, 0.3) is 0 Å². The van der Waals surface area contributed by atoms with Crippen LogP contribution in [0.2, 0.25) is 0 Å². The van der Waals surface area contributed by atoms with E-state index < -0.39 is 5.41 Å². The van der Waals surface area contributed by atoms with Crippen LogP contribution in [0.15, 0.2) is 12.2 Å². The summed E-state index contributed by atoms with van der Waals surface area (Å²) in [5, 5.41) is 9.52. The van der Waals surface area contributed by atoms with Crippen molar-refractivity contribution < 1.29 is 4.79 Å². The number of nitriles is 1. The van der Waals surface area contributed by atoms with Gasteiger partial charge in [-0.05, 0) is 23.7 Å². The first-order chi connectivity index (χ1) is 7.43. The minimum absolute atomic E-state index is 0.161. The van der Waals surface area contributed by atoms with Crippen molar-refractivity contribution in [1.29, 1.82) is 5.26 Å². The Morgan fingerprint density at radius 2 is 2.00 bits per heavy atom. The second kappa shape index (κ2) is 2.59. The van der Waals surface area contributed by atoms with E-state index in [4.69, 9.17) is 0 Å². The molecule has 0 amide bonds. The maximum atomic E-state index is 12.4. The number of hydrogen-bond donors (Lipinski definition) is 0. The predicted octanol–water partition coefficient (Wildman–Crippen LogP) is 2.56. The Kier molecular flexibility index (Phi) is 1.63. The summed E-state index contributed by atoms with van der Waals surface area (Å²) < 4.78 is 0. The lowest BCUT2D eigenvalue weighted by atomic mass is 9.42. The first kappa shape index (κ1) is 10.1. The van der Waals surface area contributed by atoms with Gasteiger partial charge < -0.3 is 0 Å². The molecule has 2 bridgehead atoms. The highest BCUT2D eigenvalue weighted by molar-refractivity contribution is 5.98. The van der Waals surface area contributed by atoms with Gasteiger partial charge in [0.2, 0.25) is 0 Å². The lowest BCUT2D eigenvalue weighted by molar-refractivity contribution is -0.163. The van der Waals surface area contributed by atoms with E-state index in [0.29, 0.717) is 17.8 Å². The number of Topliss-reactive ketones (excluding diaryl/α,β-unsaturated/α-hetero) is 1. The van der Waals surface area contributed by atoms with Gasteiger partial charge in [0.05, 0.1) is 6.07 Å². The predicted molar refractivity (Wildman–Crippen MR) is 60.2 cm³/mol. The van der Waals surface area contributed by atoms with Crippen molar-refractivity contribution in [3.8, 4) is 6.07 Å². The summed E-state index contributed by atoms with van der Waals surface area (Å²) >= 11 is 0. The van der Waals surface area contributed by atoms with E-state index in [1.54, 1.807) is 0 Å². The summed E-state index contributed by atoms with van der Waals surface area (Å²) in [7, 11) is 0. The minimum atomic E-state index is -0.720. The third-order valence-corrected chi connectivity index (χ3v) is 5.01. The van der Waals surface area contributed by atoms with E-state index in [1.165, 1.54) is 0 Å². The number of hydrogen-bond acceptors (Lipinski definition) is 2. The number of carbonyl (C=O) groups is 1. The molecule has 0 saturated heterocycles. The van der Waals surface area contributed by atoms with Crippen LogP contribution in [0.3, 0.4) is 0 Å². The molecular weight excluding hydrogens is 198 g/mol. The standard InChI is InChI=1S/C14H17NO/c1-13(2,3)14(7-15)11-9-5-4-8(6-9)10(11)12(14)16/h4-5,8-11H,6H2,1-3H3. The summed E-state index contributed by atoms with van der Waals surface area (Å²) in [5.41, 5.74) is -0.958. The van der Waals surface area contributed by atoms with Crippen LogP contribution in [-0.2, 0) is 4.79 Å². The molecular formula is C14H17NO. The molecule has 84 valence electrons. The van der Waals surface area contributed by atoms with Gasteiger partial charge in [-0.3, -0.25) is 4.79 Å². The van der Waals surface area contributed by atoms with E-state index in [2.05, 4.69) is 18.2 Å². The Hall–Kier alpha value is -1.10. The molecule has 5 unspecified atom stereocenters. The Bertz CT molecular complexity index is 437. The van der Waals surface area contributed by atoms with Crippen molar-refractivity contribution in [3.05, 3.63) is 12.2 Å². The van der Waals surface area contributed by atoms with Crippen LogP contribution in [0.25, 0.3) is 0 Å². The lowest BCUT2D eigenvalue weighted by Gasteiger charge is -2.56. The molecule has 3 aliphatic carbocycles. The summed E-state index contributed by atoms with van der Waals surface area (Å²) in [6.07, 6.45) is 5.52. The van der Waals surface area contributed by atoms with E-state index in [-0.39, 0.29) is 17.1 Å². The summed E-state index contributed by atoms with van der Waals surface area (Å²) in [5.74, 6) is 1.58. The second-order valence-corrected chi connectivity index (χ2v) is 6.53.